The number of amides is 1. The Morgan fingerprint density at radius 1 is 1.30 bits per heavy atom. The predicted molar refractivity (Wildman–Crippen MR) is 95.1 cm³/mol. The van der Waals surface area contributed by atoms with Gasteiger partial charge in [0.15, 0.2) is 0 Å². The van der Waals surface area contributed by atoms with Gasteiger partial charge in [0.05, 0.1) is 0 Å². The van der Waals surface area contributed by atoms with Crippen molar-refractivity contribution >= 4 is 23.4 Å². The normalized spacial score (nSPS) is 17.6. The van der Waals surface area contributed by atoms with Crippen molar-refractivity contribution in [3.8, 4) is 0 Å². The number of nitrogens with two attached hydrogens (primary N) is 1. The summed E-state index contributed by atoms with van der Waals surface area (Å²) in [6.45, 7) is 6.09. The molecule has 1 aromatic rings. The van der Waals surface area contributed by atoms with Crippen LogP contribution in [0.3, 0.4) is 0 Å². The molecule has 1 aromatic carbocycles. The Labute approximate surface area is 143 Å². The smallest absolute Gasteiger partial charge is 0.412 e. The molecule has 1 aliphatic rings. The number of ether oxygens (including phenoxy) is 1. The number of benzene rings is 1. The first-order chi connectivity index (χ1) is 10.8. The van der Waals surface area contributed by atoms with Crippen LogP contribution in [0.1, 0.15) is 58.4 Å². The van der Waals surface area contributed by atoms with Crippen LogP contribution in [0.25, 0.3) is 0 Å². The van der Waals surface area contributed by atoms with Crippen molar-refractivity contribution in [1.29, 1.82) is 0 Å². The van der Waals surface area contributed by atoms with Gasteiger partial charge in [-0.3, -0.25) is 5.32 Å². The second-order valence-electron chi connectivity index (χ2n) is 7.36. The largest absolute Gasteiger partial charge is 0.444 e. The van der Waals surface area contributed by atoms with E-state index in [0.29, 0.717) is 17.3 Å². The van der Waals surface area contributed by atoms with Crippen molar-refractivity contribution in [2.75, 3.05) is 11.9 Å². The van der Waals surface area contributed by atoms with E-state index in [9.17, 15) is 4.79 Å². The van der Waals surface area contributed by atoms with Crippen molar-refractivity contribution in [1.82, 2.24) is 0 Å². The Bertz CT molecular complexity index is 561. The Hall–Kier alpha value is -1.26. The van der Waals surface area contributed by atoms with Gasteiger partial charge in [0, 0.05) is 22.7 Å². The fourth-order valence-electron chi connectivity index (χ4n) is 3.31. The molecule has 2 rings (SSSR count). The van der Waals surface area contributed by atoms with Gasteiger partial charge in [-0.25, -0.2) is 4.79 Å². The molecule has 0 unspecified atom stereocenters. The molecule has 1 amide bonds. The molecule has 0 saturated heterocycles. The van der Waals surface area contributed by atoms with Gasteiger partial charge in [0.25, 0.3) is 0 Å². The summed E-state index contributed by atoms with van der Waals surface area (Å²) in [6.07, 6.45) is 5.16. The lowest BCUT2D eigenvalue weighted by molar-refractivity contribution is 0.0635. The summed E-state index contributed by atoms with van der Waals surface area (Å²) >= 11 is 6.14. The van der Waals surface area contributed by atoms with Crippen LogP contribution in [-0.2, 0) is 10.2 Å². The predicted octanol–water partition coefficient (Wildman–Crippen LogP) is 4.85. The number of halogens is 1. The second-order valence-corrected chi connectivity index (χ2v) is 7.80. The van der Waals surface area contributed by atoms with Gasteiger partial charge in [-0.15, -0.1) is 0 Å². The number of anilines is 1. The SMILES string of the molecule is CC(C)(C)OC(=O)Nc1cc(Cl)ccc1C1(CN)CCCCC1. The van der Waals surface area contributed by atoms with Gasteiger partial charge in [-0.05, 0) is 51.3 Å². The molecule has 0 atom stereocenters. The van der Waals surface area contributed by atoms with E-state index in [0.717, 1.165) is 31.2 Å². The zero-order valence-electron chi connectivity index (χ0n) is 14.2. The summed E-state index contributed by atoms with van der Waals surface area (Å²) in [5, 5.41) is 3.45. The maximum atomic E-state index is 12.2. The fourth-order valence-corrected chi connectivity index (χ4v) is 3.48. The van der Waals surface area contributed by atoms with E-state index in [1.165, 1.54) is 6.42 Å². The van der Waals surface area contributed by atoms with Gasteiger partial charge in [-0.2, -0.15) is 0 Å². The van der Waals surface area contributed by atoms with Gasteiger partial charge in [-0.1, -0.05) is 36.9 Å². The molecule has 4 nitrogen and oxygen atoms in total. The number of rotatable bonds is 3. The van der Waals surface area contributed by atoms with Gasteiger partial charge in [0.2, 0.25) is 0 Å². The van der Waals surface area contributed by atoms with Gasteiger partial charge in [0.1, 0.15) is 5.60 Å². The lowest BCUT2D eigenvalue weighted by atomic mass is 9.69. The average molecular weight is 339 g/mol. The number of hydrogen-bond donors (Lipinski definition) is 2. The summed E-state index contributed by atoms with van der Waals surface area (Å²) in [4.78, 5) is 12.2. The van der Waals surface area contributed by atoms with Crippen LogP contribution in [0.5, 0.6) is 0 Å². The molecule has 0 radical (unpaired) electrons. The van der Waals surface area contributed by atoms with Crippen LogP contribution >= 0.6 is 11.6 Å². The average Bonchev–Trinajstić information content (AvgIpc) is 2.46. The molecule has 128 valence electrons. The monoisotopic (exact) mass is 338 g/mol. The highest BCUT2D eigenvalue weighted by Crippen LogP contribution is 2.42. The highest BCUT2D eigenvalue weighted by Gasteiger charge is 2.35. The van der Waals surface area contributed by atoms with Crippen molar-refractivity contribution < 1.29 is 9.53 Å². The van der Waals surface area contributed by atoms with Crippen LogP contribution in [0.15, 0.2) is 18.2 Å². The third kappa shape index (κ3) is 4.61. The minimum Gasteiger partial charge on any atom is -0.444 e. The van der Waals surface area contributed by atoms with Crippen molar-refractivity contribution in [3.05, 3.63) is 28.8 Å². The van der Waals surface area contributed by atoms with E-state index in [2.05, 4.69) is 5.32 Å². The van der Waals surface area contributed by atoms with Crippen molar-refractivity contribution in [2.45, 2.75) is 63.9 Å². The summed E-state index contributed by atoms with van der Waals surface area (Å²) in [7, 11) is 0. The maximum absolute atomic E-state index is 12.2. The van der Waals surface area contributed by atoms with E-state index < -0.39 is 11.7 Å². The zero-order valence-corrected chi connectivity index (χ0v) is 15.0. The Morgan fingerprint density at radius 2 is 1.96 bits per heavy atom. The van der Waals surface area contributed by atoms with Crippen LogP contribution in [-0.4, -0.2) is 18.2 Å². The molecule has 1 aliphatic carbocycles. The highest BCUT2D eigenvalue weighted by atomic mass is 35.5. The lowest BCUT2D eigenvalue weighted by Gasteiger charge is -2.38. The van der Waals surface area contributed by atoms with Gasteiger partial charge < -0.3 is 10.5 Å². The highest BCUT2D eigenvalue weighted by molar-refractivity contribution is 6.31. The van der Waals surface area contributed by atoms with Crippen LogP contribution in [0.4, 0.5) is 10.5 Å². The molecule has 0 aliphatic heterocycles. The summed E-state index contributed by atoms with van der Waals surface area (Å²) in [5.74, 6) is 0. The molecule has 1 saturated carbocycles. The molecule has 1 fully saturated rings. The Balaban J connectivity index is 2.31. The van der Waals surface area contributed by atoms with Gasteiger partial charge >= 0.3 is 6.09 Å². The van der Waals surface area contributed by atoms with Crippen LogP contribution < -0.4 is 11.1 Å². The van der Waals surface area contributed by atoms with E-state index >= 15 is 0 Å². The zero-order chi connectivity index (χ0) is 17.1. The third-order valence-corrected chi connectivity index (χ3v) is 4.63. The number of carbonyl (C=O) groups excluding carboxylic acids is 1. The quantitative estimate of drug-likeness (QED) is 0.828. The first-order valence-electron chi connectivity index (χ1n) is 8.26. The number of carbonyl (C=O) groups is 1. The third-order valence-electron chi connectivity index (χ3n) is 4.39. The Kier molecular flexibility index (Phi) is 5.58. The molecular weight excluding hydrogens is 312 g/mol. The van der Waals surface area contributed by atoms with Crippen LogP contribution in [0.2, 0.25) is 5.02 Å². The molecule has 23 heavy (non-hydrogen) atoms. The van der Waals surface area contributed by atoms with E-state index in [1.54, 1.807) is 6.07 Å². The topological polar surface area (TPSA) is 64.3 Å². The molecule has 3 N–H and O–H groups in total. The number of nitrogens with one attached hydrogen (secondary N) is 1. The first-order valence-corrected chi connectivity index (χ1v) is 8.64. The standard InChI is InChI=1S/C18H27ClN2O2/c1-17(2,3)23-16(22)21-15-11-13(19)7-8-14(15)18(12-20)9-5-4-6-10-18/h7-8,11H,4-6,9-10,12,20H2,1-3H3,(H,21,22). The summed E-state index contributed by atoms with van der Waals surface area (Å²) < 4.78 is 5.37. The minimum absolute atomic E-state index is 0.0901. The summed E-state index contributed by atoms with van der Waals surface area (Å²) in [6, 6.07) is 5.64. The van der Waals surface area contributed by atoms with E-state index in [4.69, 9.17) is 22.1 Å². The number of hydrogen-bond acceptors (Lipinski definition) is 3. The first kappa shape index (κ1) is 18.1. The van der Waals surface area contributed by atoms with Crippen molar-refractivity contribution in [2.24, 2.45) is 5.73 Å². The lowest BCUT2D eigenvalue weighted by Crippen LogP contribution is -2.38. The second kappa shape index (κ2) is 7.10. The molecule has 0 spiro atoms. The summed E-state index contributed by atoms with van der Waals surface area (Å²) in [5.41, 5.74) is 7.27. The Morgan fingerprint density at radius 3 is 2.52 bits per heavy atom. The van der Waals surface area contributed by atoms with E-state index in [1.807, 2.05) is 32.9 Å². The molecule has 0 bridgehead atoms. The fraction of sp³-hybridized carbons (Fsp3) is 0.611. The minimum atomic E-state index is -0.542. The molecule has 0 heterocycles. The molecule has 0 aromatic heterocycles. The molecular formula is C18H27ClN2O2. The van der Waals surface area contributed by atoms with E-state index in [-0.39, 0.29) is 5.41 Å². The van der Waals surface area contributed by atoms with Crippen LogP contribution in [0, 0.1) is 0 Å². The van der Waals surface area contributed by atoms with Crippen molar-refractivity contribution in [3.63, 3.8) is 0 Å². The maximum Gasteiger partial charge on any atom is 0.412 e. The molecule has 5 heteroatoms.